The first-order valence-electron chi connectivity index (χ1n) is 9.14. The number of likely N-dealkylation sites (tertiary alicyclic amines) is 1. The first kappa shape index (κ1) is 16.0. The lowest BCUT2D eigenvalue weighted by Gasteiger charge is -2.40. The SMILES string of the molecule is Cc1cnc(C(=O)N2CC[C@@H]3OCCN(CC4CC4)[C@H]3CC2)cn1. The molecule has 1 amide bonds. The number of hydrogen-bond donors (Lipinski definition) is 0. The second-order valence-electron chi connectivity index (χ2n) is 7.33. The van der Waals surface area contributed by atoms with Crippen LogP contribution in [0, 0.1) is 12.8 Å². The van der Waals surface area contributed by atoms with Gasteiger partial charge >= 0.3 is 0 Å². The standard InChI is InChI=1S/C18H26N4O2/c1-13-10-20-15(11-19-13)18(23)21-6-4-16-17(5-7-21)24-9-8-22(16)12-14-2-3-14/h10-11,14,16-17H,2-9,12H2,1H3/t16-,17-/m0/s1. The minimum atomic E-state index is -0.00473. The Labute approximate surface area is 143 Å². The molecule has 0 N–H and O–H groups in total. The monoisotopic (exact) mass is 330 g/mol. The smallest absolute Gasteiger partial charge is 0.274 e. The quantitative estimate of drug-likeness (QED) is 0.841. The number of aromatic nitrogens is 2. The number of rotatable bonds is 3. The van der Waals surface area contributed by atoms with Crippen molar-refractivity contribution in [3.63, 3.8) is 0 Å². The van der Waals surface area contributed by atoms with E-state index in [0.29, 0.717) is 11.7 Å². The van der Waals surface area contributed by atoms with Crippen molar-refractivity contribution >= 4 is 5.91 Å². The van der Waals surface area contributed by atoms with Crippen LogP contribution in [0.15, 0.2) is 12.4 Å². The van der Waals surface area contributed by atoms with Crippen LogP contribution in [0.3, 0.4) is 0 Å². The zero-order valence-corrected chi connectivity index (χ0v) is 14.4. The van der Waals surface area contributed by atoms with Gasteiger partial charge in [-0.15, -0.1) is 0 Å². The summed E-state index contributed by atoms with van der Waals surface area (Å²) in [5.74, 6) is 0.891. The molecule has 0 aromatic carbocycles. The van der Waals surface area contributed by atoms with Gasteiger partial charge in [0.2, 0.25) is 0 Å². The summed E-state index contributed by atoms with van der Waals surface area (Å²) in [6, 6.07) is 0.459. The number of aryl methyl sites for hydroxylation is 1. The van der Waals surface area contributed by atoms with Gasteiger partial charge in [-0.25, -0.2) is 4.98 Å². The highest BCUT2D eigenvalue weighted by atomic mass is 16.5. The molecule has 0 unspecified atom stereocenters. The molecule has 24 heavy (non-hydrogen) atoms. The average molecular weight is 330 g/mol. The van der Waals surface area contributed by atoms with Gasteiger partial charge in [0.05, 0.1) is 24.6 Å². The number of hydrogen-bond acceptors (Lipinski definition) is 5. The predicted molar refractivity (Wildman–Crippen MR) is 89.7 cm³/mol. The van der Waals surface area contributed by atoms with Gasteiger partial charge in [-0.1, -0.05) is 0 Å². The minimum absolute atomic E-state index is 0.00473. The molecule has 2 saturated heterocycles. The molecular formula is C18H26N4O2. The Balaban J connectivity index is 1.43. The molecule has 1 saturated carbocycles. The lowest BCUT2D eigenvalue weighted by atomic mass is 10.0. The van der Waals surface area contributed by atoms with Crippen LogP contribution in [0.5, 0.6) is 0 Å². The number of carbonyl (C=O) groups is 1. The van der Waals surface area contributed by atoms with Crippen molar-refractivity contribution in [3.8, 4) is 0 Å². The fourth-order valence-corrected chi connectivity index (χ4v) is 3.89. The van der Waals surface area contributed by atoms with E-state index in [0.717, 1.165) is 50.7 Å². The third-order valence-electron chi connectivity index (χ3n) is 5.46. The highest BCUT2D eigenvalue weighted by Gasteiger charge is 2.38. The van der Waals surface area contributed by atoms with Crippen molar-refractivity contribution in [2.45, 2.75) is 44.8 Å². The van der Waals surface area contributed by atoms with E-state index in [4.69, 9.17) is 4.74 Å². The summed E-state index contributed by atoms with van der Waals surface area (Å²) < 4.78 is 6.04. The number of ether oxygens (including phenoxy) is 1. The second kappa shape index (κ2) is 6.76. The summed E-state index contributed by atoms with van der Waals surface area (Å²) >= 11 is 0. The Kier molecular flexibility index (Phi) is 4.50. The molecular weight excluding hydrogens is 304 g/mol. The summed E-state index contributed by atoms with van der Waals surface area (Å²) in [7, 11) is 0. The van der Waals surface area contributed by atoms with Crippen LogP contribution in [0.4, 0.5) is 0 Å². The van der Waals surface area contributed by atoms with Crippen molar-refractivity contribution in [2.24, 2.45) is 5.92 Å². The van der Waals surface area contributed by atoms with Crippen LogP contribution >= 0.6 is 0 Å². The summed E-state index contributed by atoms with van der Waals surface area (Å²) in [5, 5.41) is 0. The van der Waals surface area contributed by atoms with Gasteiger partial charge in [-0.05, 0) is 38.5 Å². The second-order valence-corrected chi connectivity index (χ2v) is 7.33. The molecule has 1 aliphatic carbocycles. The Morgan fingerprint density at radius 2 is 2.00 bits per heavy atom. The molecule has 3 fully saturated rings. The van der Waals surface area contributed by atoms with Gasteiger partial charge in [0.1, 0.15) is 5.69 Å². The number of nitrogens with zero attached hydrogens (tertiary/aromatic N) is 4. The summed E-state index contributed by atoms with van der Waals surface area (Å²) in [5.41, 5.74) is 1.28. The van der Waals surface area contributed by atoms with E-state index in [2.05, 4.69) is 14.9 Å². The van der Waals surface area contributed by atoms with E-state index >= 15 is 0 Å². The van der Waals surface area contributed by atoms with Crippen LogP contribution in [-0.2, 0) is 4.74 Å². The lowest BCUT2D eigenvalue weighted by molar-refractivity contribution is -0.0727. The van der Waals surface area contributed by atoms with E-state index < -0.39 is 0 Å². The molecule has 1 aromatic heterocycles. The summed E-state index contributed by atoms with van der Waals surface area (Å²) in [4.78, 5) is 25.7. The molecule has 0 radical (unpaired) electrons. The molecule has 3 aliphatic rings. The number of amides is 1. The lowest BCUT2D eigenvalue weighted by Crippen LogP contribution is -2.51. The van der Waals surface area contributed by atoms with Crippen molar-refractivity contribution in [1.29, 1.82) is 0 Å². The zero-order valence-electron chi connectivity index (χ0n) is 14.4. The van der Waals surface area contributed by atoms with E-state index in [1.807, 2.05) is 11.8 Å². The number of fused-ring (bicyclic) bond motifs is 1. The third kappa shape index (κ3) is 3.44. The van der Waals surface area contributed by atoms with E-state index in [-0.39, 0.29) is 12.0 Å². The van der Waals surface area contributed by atoms with Crippen molar-refractivity contribution < 1.29 is 9.53 Å². The van der Waals surface area contributed by atoms with E-state index in [9.17, 15) is 4.79 Å². The largest absolute Gasteiger partial charge is 0.375 e. The van der Waals surface area contributed by atoms with Crippen LogP contribution in [0.25, 0.3) is 0 Å². The topological polar surface area (TPSA) is 58.6 Å². The predicted octanol–water partition coefficient (Wildman–Crippen LogP) is 1.50. The van der Waals surface area contributed by atoms with Crippen molar-refractivity contribution in [1.82, 2.24) is 19.8 Å². The number of morpholine rings is 1. The maximum absolute atomic E-state index is 12.7. The zero-order chi connectivity index (χ0) is 16.5. The minimum Gasteiger partial charge on any atom is -0.375 e. The Hall–Kier alpha value is -1.53. The van der Waals surface area contributed by atoms with Crippen LogP contribution < -0.4 is 0 Å². The Morgan fingerprint density at radius 3 is 2.75 bits per heavy atom. The molecule has 0 spiro atoms. The molecule has 1 aromatic rings. The van der Waals surface area contributed by atoms with Gasteiger partial charge in [0.15, 0.2) is 0 Å². The van der Waals surface area contributed by atoms with Crippen LogP contribution in [-0.4, -0.2) is 70.6 Å². The van der Waals surface area contributed by atoms with Gasteiger partial charge in [0.25, 0.3) is 5.91 Å². The molecule has 2 aliphatic heterocycles. The van der Waals surface area contributed by atoms with Crippen LogP contribution in [0.2, 0.25) is 0 Å². The molecule has 2 atom stereocenters. The summed E-state index contributed by atoms with van der Waals surface area (Å²) in [6.45, 7) is 6.47. The highest BCUT2D eigenvalue weighted by Crippen LogP contribution is 2.33. The van der Waals surface area contributed by atoms with Crippen molar-refractivity contribution in [2.75, 3.05) is 32.8 Å². The highest BCUT2D eigenvalue weighted by molar-refractivity contribution is 5.92. The molecule has 6 heteroatoms. The first-order chi connectivity index (χ1) is 11.7. The van der Waals surface area contributed by atoms with Gasteiger partial charge < -0.3 is 9.64 Å². The fraction of sp³-hybridized carbons (Fsp3) is 0.722. The maximum atomic E-state index is 12.7. The number of carbonyl (C=O) groups excluding carboxylic acids is 1. The molecule has 0 bridgehead atoms. The maximum Gasteiger partial charge on any atom is 0.274 e. The van der Waals surface area contributed by atoms with Gasteiger partial charge in [-0.2, -0.15) is 0 Å². The Morgan fingerprint density at radius 1 is 1.17 bits per heavy atom. The summed E-state index contributed by atoms with van der Waals surface area (Å²) in [6.07, 6.45) is 8.17. The first-order valence-corrected chi connectivity index (χ1v) is 9.14. The van der Waals surface area contributed by atoms with E-state index in [1.54, 1.807) is 12.4 Å². The third-order valence-corrected chi connectivity index (χ3v) is 5.46. The Bertz CT molecular complexity index is 587. The fourth-order valence-electron chi connectivity index (χ4n) is 3.89. The molecule has 6 nitrogen and oxygen atoms in total. The normalized spacial score (nSPS) is 28.3. The van der Waals surface area contributed by atoms with Gasteiger partial charge in [-0.3, -0.25) is 14.7 Å². The molecule has 3 heterocycles. The average Bonchev–Trinajstić information content (AvgIpc) is 3.41. The van der Waals surface area contributed by atoms with Crippen LogP contribution in [0.1, 0.15) is 41.9 Å². The van der Waals surface area contributed by atoms with Gasteiger partial charge in [0, 0.05) is 38.4 Å². The molecule has 130 valence electrons. The van der Waals surface area contributed by atoms with E-state index in [1.165, 1.54) is 19.4 Å². The molecule has 4 rings (SSSR count). The van der Waals surface area contributed by atoms with Crippen molar-refractivity contribution in [3.05, 3.63) is 23.8 Å².